The molecule has 0 aromatic carbocycles. The molecule has 0 fully saturated rings. The second-order valence-corrected chi connectivity index (χ2v) is 11.4. The highest BCUT2D eigenvalue weighted by molar-refractivity contribution is 5.76. The Kier molecular flexibility index (Phi) is 28.4. The lowest BCUT2D eigenvalue weighted by molar-refractivity contribution is -0.124. The van der Waals surface area contributed by atoms with Crippen molar-refractivity contribution in [2.75, 3.05) is 6.61 Å². The molecule has 226 valence electrons. The SMILES string of the molecule is CCCCCCC/C=C/CCCC(O)C(O)C(CO)NC(=O)CCCCCCCCCCCCCCCC. The molecule has 0 saturated heterocycles. The van der Waals surface area contributed by atoms with Crippen LogP contribution in [0.2, 0.25) is 0 Å². The quantitative estimate of drug-likeness (QED) is 0.0570. The van der Waals surface area contributed by atoms with Crippen LogP contribution in [0, 0.1) is 0 Å². The molecule has 0 aliphatic carbocycles. The maximum Gasteiger partial charge on any atom is 0.220 e. The molecular weight excluding hydrogens is 474 g/mol. The molecule has 0 saturated carbocycles. The molecule has 0 aromatic rings. The van der Waals surface area contributed by atoms with Gasteiger partial charge in [-0.05, 0) is 38.5 Å². The molecule has 0 rings (SSSR count). The zero-order valence-electron chi connectivity index (χ0n) is 25.3. The van der Waals surface area contributed by atoms with E-state index in [0.717, 1.165) is 38.5 Å². The minimum absolute atomic E-state index is 0.156. The monoisotopic (exact) mass is 539 g/mol. The Hall–Kier alpha value is -0.910. The lowest BCUT2D eigenvalue weighted by Crippen LogP contribution is -2.50. The lowest BCUT2D eigenvalue weighted by Gasteiger charge is -2.26. The van der Waals surface area contributed by atoms with E-state index in [1.165, 1.54) is 103 Å². The number of aliphatic hydroxyl groups is 3. The Morgan fingerprint density at radius 1 is 0.632 bits per heavy atom. The highest BCUT2D eigenvalue weighted by Gasteiger charge is 2.26. The number of allylic oxidation sites excluding steroid dienone is 2. The molecule has 1 amide bonds. The standard InChI is InChI=1S/C33H65NO4/c1-3-5-7-9-11-13-15-16-17-18-20-22-24-26-28-32(37)34-30(29-35)33(38)31(36)27-25-23-21-19-14-12-10-8-6-4-2/h19,21,30-31,33,35-36,38H,3-18,20,22-29H2,1-2H3,(H,34,37)/b21-19+. The number of unbranched alkanes of at least 4 members (excludes halogenated alkanes) is 19. The summed E-state index contributed by atoms with van der Waals surface area (Å²) >= 11 is 0. The fraction of sp³-hybridized carbons (Fsp3) is 0.909. The number of amides is 1. The van der Waals surface area contributed by atoms with Crippen molar-refractivity contribution in [3.8, 4) is 0 Å². The predicted octanol–water partition coefficient (Wildman–Crippen LogP) is 8.14. The van der Waals surface area contributed by atoms with E-state index in [1.807, 2.05) is 0 Å². The van der Waals surface area contributed by atoms with Gasteiger partial charge in [-0.25, -0.2) is 0 Å². The molecule has 5 nitrogen and oxygen atoms in total. The van der Waals surface area contributed by atoms with E-state index in [4.69, 9.17) is 0 Å². The third-order valence-electron chi connectivity index (χ3n) is 7.62. The number of hydrogen-bond acceptors (Lipinski definition) is 4. The average molecular weight is 540 g/mol. The molecule has 0 aliphatic heterocycles. The number of aliphatic hydroxyl groups excluding tert-OH is 3. The third-order valence-corrected chi connectivity index (χ3v) is 7.62. The van der Waals surface area contributed by atoms with Gasteiger partial charge in [0.05, 0.1) is 18.8 Å². The molecule has 38 heavy (non-hydrogen) atoms. The van der Waals surface area contributed by atoms with Gasteiger partial charge in [-0.2, -0.15) is 0 Å². The van der Waals surface area contributed by atoms with Crippen molar-refractivity contribution >= 4 is 5.91 Å². The number of nitrogens with one attached hydrogen (secondary N) is 1. The summed E-state index contributed by atoms with van der Waals surface area (Å²) in [5, 5.41) is 33.1. The number of rotatable bonds is 29. The van der Waals surface area contributed by atoms with Gasteiger partial charge in [-0.1, -0.05) is 135 Å². The smallest absolute Gasteiger partial charge is 0.220 e. The minimum Gasteiger partial charge on any atom is -0.394 e. The first-order chi connectivity index (χ1) is 18.6. The Morgan fingerprint density at radius 3 is 1.53 bits per heavy atom. The van der Waals surface area contributed by atoms with Crippen molar-refractivity contribution in [1.29, 1.82) is 0 Å². The van der Waals surface area contributed by atoms with Crippen LogP contribution in [0.4, 0.5) is 0 Å². The first kappa shape index (κ1) is 37.1. The summed E-state index contributed by atoms with van der Waals surface area (Å²) in [6, 6.07) is -0.817. The fourth-order valence-electron chi connectivity index (χ4n) is 4.98. The van der Waals surface area contributed by atoms with Crippen molar-refractivity contribution in [1.82, 2.24) is 5.32 Å². The predicted molar refractivity (Wildman–Crippen MR) is 162 cm³/mol. The van der Waals surface area contributed by atoms with Crippen LogP contribution in [0.25, 0.3) is 0 Å². The molecule has 0 heterocycles. The summed E-state index contributed by atoms with van der Waals surface area (Å²) in [6.45, 7) is 4.11. The van der Waals surface area contributed by atoms with Crippen molar-refractivity contribution in [3.05, 3.63) is 12.2 Å². The zero-order valence-corrected chi connectivity index (χ0v) is 25.3. The van der Waals surface area contributed by atoms with Gasteiger partial charge >= 0.3 is 0 Å². The van der Waals surface area contributed by atoms with Gasteiger partial charge in [0.1, 0.15) is 6.10 Å². The molecule has 0 radical (unpaired) electrons. The largest absolute Gasteiger partial charge is 0.394 e. The summed E-state index contributed by atoms with van der Waals surface area (Å²) in [5.74, 6) is -0.156. The van der Waals surface area contributed by atoms with Crippen LogP contribution in [0.3, 0.4) is 0 Å². The normalized spacial score (nSPS) is 14.1. The van der Waals surface area contributed by atoms with Crippen molar-refractivity contribution in [2.24, 2.45) is 0 Å². The molecule has 0 aliphatic rings. The number of hydrogen-bond donors (Lipinski definition) is 4. The highest BCUT2D eigenvalue weighted by Crippen LogP contribution is 2.14. The van der Waals surface area contributed by atoms with Gasteiger partial charge in [0, 0.05) is 6.42 Å². The van der Waals surface area contributed by atoms with Crippen LogP contribution >= 0.6 is 0 Å². The maximum absolute atomic E-state index is 12.3. The molecular formula is C33H65NO4. The summed E-state index contributed by atoms with van der Waals surface area (Å²) in [6.07, 6.45) is 30.1. The number of carbonyl (C=O) groups excluding carboxylic acids is 1. The van der Waals surface area contributed by atoms with E-state index in [-0.39, 0.29) is 12.5 Å². The van der Waals surface area contributed by atoms with Gasteiger partial charge < -0.3 is 20.6 Å². The van der Waals surface area contributed by atoms with Crippen LogP contribution < -0.4 is 5.32 Å². The summed E-state index contributed by atoms with van der Waals surface area (Å²) in [5.41, 5.74) is 0. The van der Waals surface area contributed by atoms with Crippen molar-refractivity contribution < 1.29 is 20.1 Å². The van der Waals surface area contributed by atoms with Crippen molar-refractivity contribution in [3.63, 3.8) is 0 Å². The number of carbonyl (C=O) groups is 1. The molecule has 4 N–H and O–H groups in total. The van der Waals surface area contributed by atoms with Gasteiger partial charge in [-0.15, -0.1) is 0 Å². The molecule has 3 unspecified atom stereocenters. The Labute approximate surface area is 236 Å². The summed E-state index contributed by atoms with van der Waals surface area (Å²) in [7, 11) is 0. The van der Waals surface area contributed by atoms with Crippen LogP contribution in [0.15, 0.2) is 12.2 Å². The van der Waals surface area contributed by atoms with E-state index in [2.05, 4.69) is 31.3 Å². The molecule has 0 bridgehead atoms. The van der Waals surface area contributed by atoms with E-state index in [1.54, 1.807) is 0 Å². The first-order valence-electron chi connectivity index (χ1n) is 16.5. The first-order valence-corrected chi connectivity index (χ1v) is 16.5. The highest BCUT2D eigenvalue weighted by atomic mass is 16.3. The second-order valence-electron chi connectivity index (χ2n) is 11.4. The molecule has 0 aromatic heterocycles. The van der Waals surface area contributed by atoms with Gasteiger partial charge in [0.2, 0.25) is 5.91 Å². The summed E-state index contributed by atoms with van der Waals surface area (Å²) < 4.78 is 0. The van der Waals surface area contributed by atoms with Crippen LogP contribution in [0.5, 0.6) is 0 Å². The Morgan fingerprint density at radius 2 is 1.05 bits per heavy atom. The van der Waals surface area contributed by atoms with E-state index < -0.39 is 18.2 Å². The fourth-order valence-corrected chi connectivity index (χ4v) is 4.98. The Bertz CT molecular complexity index is 525. The van der Waals surface area contributed by atoms with E-state index in [9.17, 15) is 20.1 Å². The van der Waals surface area contributed by atoms with Crippen LogP contribution in [0.1, 0.15) is 168 Å². The maximum atomic E-state index is 12.3. The van der Waals surface area contributed by atoms with Crippen LogP contribution in [-0.4, -0.2) is 46.1 Å². The van der Waals surface area contributed by atoms with Gasteiger partial charge in [0.15, 0.2) is 0 Å². The van der Waals surface area contributed by atoms with Gasteiger partial charge in [0.25, 0.3) is 0 Å². The lowest BCUT2D eigenvalue weighted by atomic mass is 10.0. The minimum atomic E-state index is -1.15. The third kappa shape index (κ3) is 24.2. The van der Waals surface area contributed by atoms with Gasteiger partial charge in [-0.3, -0.25) is 4.79 Å². The van der Waals surface area contributed by atoms with Crippen molar-refractivity contribution in [2.45, 2.75) is 186 Å². The van der Waals surface area contributed by atoms with E-state index >= 15 is 0 Å². The Balaban J connectivity index is 3.75. The zero-order chi connectivity index (χ0) is 28.1. The van der Waals surface area contributed by atoms with E-state index in [0.29, 0.717) is 12.8 Å². The molecule has 0 spiro atoms. The molecule has 3 atom stereocenters. The summed E-state index contributed by atoms with van der Waals surface area (Å²) in [4.78, 5) is 12.3. The van der Waals surface area contributed by atoms with Crippen LogP contribution in [-0.2, 0) is 4.79 Å². The average Bonchev–Trinajstić information content (AvgIpc) is 2.92. The molecule has 5 heteroatoms. The topological polar surface area (TPSA) is 89.8 Å². The second kappa shape index (κ2) is 29.1.